The Labute approximate surface area is 116 Å². The molecule has 0 saturated carbocycles. The molecule has 0 spiro atoms. The Hall–Kier alpha value is -2.83. The fraction of sp³-hybridized carbons (Fsp3) is 0.154. The lowest BCUT2D eigenvalue weighted by Gasteiger charge is -2.14. The molecule has 0 aliphatic heterocycles. The van der Waals surface area contributed by atoms with Gasteiger partial charge in [0.15, 0.2) is 0 Å². The number of carbonyl (C=O) groups excluding carboxylic acids is 1. The van der Waals surface area contributed by atoms with Gasteiger partial charge >= 0.3 is 6.09 Å². The fourth-order valence-corrected chi connectivity index (χ4v) is 1.39. The van der Waals surface area contributed by atoms with Gasteiger partial charge in [0.2, 0.25) is 5.88 Å². The first-order chi connectivity index (χ1) is 9.51. The van der Waals surface area contributed by atoms with E-state index in [1.165, 1.54) is 19.3 Å². The summed E-state index contributed by atoms with van der Waals surface area (Å²) in [7, 11) is 1.44. The molecule has 7 nitrogen and oxygen atoms in total. The molecule has 1 atom stereocenters. The number of rotatable bonds is 6. The first kappa shape index (κ1) is 15.2. The van der Waals surface area contributed by atoms with Gasteiger partial charge in [0.1, 0.15) is 11.9 Å². The van der Waals surface area contributed by atoms with Crippen molar-refractivity contribution in [2.45, 2.75) is 6.04 Å². The summed E-state index contributed by atoms with van der Waals surface area (Å²) in [6.07, 6.45) is 1.36. The van der Waals surface area contributed by atoms with E-state index in [0.717, 1.165) is 0 Å². The molecule has 7 heteroatoms. The molecular weight excluding hydrogens is 262 g/mol. The van der Waals surface area contributed by atoms with E-state index in [0.29, 0.717) is 11.4 Å². The second-order valence-electron chi connectivity index (χ2n) is 3.65. The van der Waals surface area contributed by atoms with Gasteiger partial charge in [-0.05, 0) is 6.07 Å². The number of carbonyl (C=O) groups is 2. The lowest BCUT2D eigenvalue weighted by molar-refractivity contribution is -0.117. The van der Waals surface area contributed by atoms with Gasteiger partial charge in [-0.2, -0.15) is 4.98 Å². The van der Waals surface area contributed by atoms with Crippen LogP contribution in [0, 0.1) is 0 Å². The van der Waals surface area contributed by atoms with Crippen molar-refractivity contribution < 1.29 is 19.4 Å². The fourth-order valence-electron chi connectivity index (χ4n) is 1.39. The van der Waals surface area contributed by atoms with Crippen molar-refractivity contribution in [3.05, 3.63) is 36.9 Å². The number of carboxylic acid groups (broad SMARTS) is 1. The molecule has 1 rings (SSSR count). The first-order valence-corrected chi connectivity index (χ1v) is 5.62. The summed E-state index contributed by atoms with van der Waals surface area (Å²) in [5, 5.41) is 13.1. The minimum absolute atomic E-state index is 0.225. The zero-order valence-electron chi connectivity index (χ0n) is 10.9. The number of nitrogens with one attached hydrogen (secondary N) is 2. The van der Waals surface area contributed by atoms with E-state index >= 15 is 0 Å². The minimum atomic E-state index is -1.33. The molecule has 1 aromatic rings. The molecule has 0 bridgehead atoms. The highest BCUT2D eigenvalue weighted by atomic mass is 16.5. The quantitative estimate of drug-likeness (QED) is 0.684. The van der Waals surface area contributed by atoms with Crippen molar-refractivity contribution in [3.63, 3.8) is 0 Å². The van der Waals surface area contributed by atoms with E-state index in [1.807, 2.05) is 5.32 Å². The molecule has 1 heterocycles. The lowest BCUT2D eigenvalue weighted by Crippen LogP contribution is -2.41. The van der Waals surface area contributed by atoms with Crippen LogP contribution >= 0.6 is 0 Å². The standard InChI is InChI=1S/C13H15N3O4/c1-4-8-6-7-10(20-3)15-11(8)16-12(17)9(5-2)14-13(18)19/h4-7,9,14H,1-2H2,3H3,(H,18,19)(H,15,16,17). The Morgan fingerprint density at radius 3 is 2.65 bits per heavy atom. The number of anilines is 1. The average Bonchev–Trinajstić information content (AvgIpc) is 2.44. The molecule has 0 saturated heterocycles. The maximum absolute atomic E-state index is 11.9. The normalized spacial score (nSPS) is 11.1. The molecule has 2 amide bonds. The second-order valence-corrected chi connectivity index (χ2v) is 3.65. The molecule has 0 radical (unpaired) electrons. The number of aromatic nitrogens is 1. The largest absolute Gasteiger partial charge is 0.481 e. The Morgan fingerprint density at radius 2 is 2.15 bits per heavy atom. The van der Waals surface area contributed by atoms with Crippen molar-refractivity contribution in [3.8, 4) is 5.88 Å². The molecular formula is C13H15N3O4. The predicted molar refractivity (Wildman–Crippen MR) is 74.7 cm³/mol. The maximum Gasteiger partial charge on any atom is 0.405 e. The number of hydrogen-bond acceptors (Lipinski definition) is 4. The molecule has 0 aliphatic rings. The van der Waals surface area contributed by atoms with Gasteiger partial charge in [0.05, 0.1) is 7.11 Å². The minimum Gasteiger partial charge on any atom is -0.481 e. The van der Waals surface area contributed by atoms with Crippen LogP contribution in [0.4, 0.5) is 10.6 Å². The smallest absolute Gasteiger partial charge is 0.405 e. The van der Waals surface area contributed by atoms with Crippen LogP contribution in [-0.4, -0.2) is 35.2 Å². The van der Waals surface area contributed by atoms with Gasteiger partial charge in [-0.15, -0.1) is 6.58 Å². The van der Waals surface area contributed by atoms with Crippen LogP contribution in [-0.2, 0) is 4.79 Å². The first-order valence-electron chi connectivity index (χ1n) is 5.62. The van der Waals surface area contributed by atoms with Crippen molar-refractivity contribution in [2.24, 2.45) is 0 Å². The number of ether oxygens (including phenoxy) is 1. The summed E-state index contributed by atoms with van der Waals surface area (Å²) in [6.45, 7) is 7.01. The SMILES string of the molecule is C=Cc1ccc(OC)nc1NC(=O)C(C=C)NC(=O)O. The van der Waals surface area contributed by atoms with Gasteiger partial charge in [0.25, 0.3) is 5.91 Å². The van der Waals surface area contributed by atoms with Crippen LogP contribution in [0.2, 0.25) is 0 Å². The molecule has 0 aromatic carbocycles. The molecule has 1 aromatic heterocycles. The van der Waals surface area contributed by atoms with Crippen molar-refractivity contribution in [1.29, 1.82) is 0 Å². The average molecular weight is 277 g/mol. The van der Waals surface area contributed by atoms with Gasteiger partial charge in [-0.1, -0.05) is 18.7 Å². The summed E-state index contributed by atoms with van der Waals surface area (Å²) < 4.78 is 4.96. The van der Waals surface area contributed by atoms with Gasteiger partial charge < -0.3 is 20.5 Å². The topological polar surface area (TPSA) is 101 Å². The van der Waals surface area contributed by atoms with Crippen LogP contribution < -0.4 is 15.4 Å². The van der Waals surface area contributed by atoms with E-state index in [9.17, 15) is 9.59 Å². The Morgan fingerprint density at radius 1 is 1.45 bits per heavy atom. The zero-order valence-corrected chi connectivity index (χ0v) is 10.9. The lowest BCUT2D eigenvalue weighted by atomic mass is 10.2. The van der Waals surface area contributed by atoms with Crippen LogP contribution in [0.1, 0.15) is 5.56 Å². The third kappa shape index (κ3) is 3.84. The number of nitrogens with zero attached hydrogens (tertiary/aromatic N) is 1. The molecule has 106 valence electrons. The summed E-state index contributed by atoms with van der Waals surface area (Å²) >= 11 is 0. The predicted octanol–water partition coefficient (Wildman–Crippen LogP) is 1.49. The van der Waals surface area contributed by atoms with Gasteiger partial charge in [0, 0.05) is 11.6 Å². The van der Waals surface area contributed by atoms with Crippen molar-refractivity contribution in [2.75, 3.05) is 12.4 Å². The van der Waals surface area contributed by atoms with Gasteiger partial charge in [-0.25, -0.2) is 4.79 Å². The van der Waals surface area contributed by atoms with Crippen LogP contribution in [0.3, 0.4) is 0 Å². The van der Waals surface area contributed by atoms with E-state index < -0.39 is 18.0 Å². The van der Waals surface area contributed by atoms with Crippen molar-refractivity contribution >= 4 is 23.9 Å². The van der Waals surface area contributed by atoms with E-state index in [4.69, 9.17) is 9.84 Å². The second kappa shape index (κ2) is 6.93. The molecule has 1 unspecified atom stereocenters. The summed E-state index contributed by atoms with van der Waals surface area (Å²) in [4.78, 5) is 26.5. The molecule has 3 N–H and O–H groups in total. The number of methoxy groups -OCH3 is 1. The highest BCUT2D eigenvalue weighted by Gasteiger charge is 2.18. The summed E-state index contributed by atoms with van der Waals surface area (Å²) in [5.74, 6) is -0.0677. The summed E-state index contributed by atoms with van der Waals surface area (Å²) in [5.41, 5.74) is 0.581. The van der Waals surface area contributed by atoms with Crippen molar-refractivity contribution in [1.82, 2.24) is 10.3 Å². The molecule has 0 fully saturated rings. The van der Waals surface area contributed by atoms with Crippen LogP contribution in [0.15, 0.2) is 31.4 Å². The van der Waals surface area contributed by atoms with E-state index in [1.54, 1.807) is 12.1 Å². The molecule has 20 heavy (non-hydrogen) atoms. The van der Waals surface area contributed by atoms with E-state index in [-0.39, 0.29) is 5.82 Å². The number of amides is 2. The summed E-state index contributed by atoms with van der Waals surface area (Å²) in [6, 6.07) is 2.20. The van der Waals surface area contributed by atoms with Crippen LogP contribution in [0.25, 0.3) is 6.08 Å². The third-order valence-electron chi connectivity index (χ3n) is 2.37. The highest BCUT2D eigenvalue weighted by Crippen LogP contribution is 2.18. The maximum atomic E-state index is 11.9. The Balaban J connectivity index is 2.95. The highest BCUT2D eigenvalue weighted by molar-refractivity contribution is 5.98. The third-order valence-corrected chi connectivity index (χ3v) is 2.37. The van der Waals surface area contributed by atoms with Gasteiger partial charge in [-0.3, -0.25) is 4.79 Å². The number of pyridine rings is 1. The Bertz CT molecular complexity index is 542. The van der Waals surface area contributed by atoms with E-state index in [2.05, 4.69) is 23.5 Å². The monoisotopic (exact) mass is 277 g/mol. The zero-order chi connectivity index (χ0) is 15.1. The van der Waals surface area contributed by atoms with Crippen LogP contribution in [0.5, 0.6) is 5.88 Å². The number of hydrogen-bond donors (Lipinski definition) is 3. The molecule has 0 aliphatic carbocycles. The Kier molecular flexibility index (Phi) is 5.28.